The fourth-order valence-corrected chi connectivity index (χ4v) is 2.04. The minimum absolute atomic E-state index is 0.0369. The number of nitrogens with two attached hydrogens (primary N) is 1. The van der Waals surface area contributed by atoms with Crippen LogP contribution in [0.15, 0.2) is 18.2 Å². The lowest BCUT2D eigenvalue weighted by Gasteiger charge is -2.28. The van der Waals surface area contributed by atoms with Crippen LogP contribution in [-0.4, -0.2) is 39.6 Å². The lowest BCUT2D eigenvalue weighted by Crippen LogP contribution is -2.48. The highest BCUT2D eigenvalue weighted by Crippen LogP contribution is 2.25. The number of carbonyl (C=O) groups excluding carboxylic acids is 1. The molecule has 0 fully saturated rings. The summed E-state index contributed by atoms with van der Waals surface area (Å²) >= 11 is 0. The Morgan fingerprint density at radius 3 is 2.57 bits per heavy atom. The van der Waals surface area contributed by atoms with Crippen molar-refractivity contribution in [3.8, 4) is 17.6 Å². The molecule has 0 radical (unpaired) electrons. The van der Waals surface area contributed by atoms with Gasteiger partial charge < -0.3 is 20.8 Å². The van der Waals surface area contributed by atoms with E-state index in [-0.39, 0.29) is 36.3 Å². The van der Waals surface area contributed by atoms with E-state index in [2.05, 4.69) is 0 Å². The molecule has 6 heteroatoms. The number of benzene rings is 1. The Balaban J connectivity index is 2.76. The minimum Gasteiger partial charge on any atom is -0.504 e. The van der Waals surface area contributed by atoms with E-state index in [4.69, 9.17) is 11.0 Å². The zero-order valence-corrected chi connectivity index (χ0v) is 12.3. The van der Waals surface area contributed by atoms with Gasteiger partial charge >= 0.3 is 0 Å². The number of carbonyl (C=O) groups is 1. The van der Waals surface area contributed by atoms with Crippen LogP contribution in [0.1, 0.15) is 25.8 Å². The predicted molar refractivity (Wildman–Crippen MR) is 78.5 cm³/mol. The van der Waals surface area contributed by atoms with Gasteiger partial charge in [-0.05, 0) is 38.0 Å². The normalized spacial score (nSPS) is 12.0. The first-order valence-electron chi connectivity index (χ1n) is 6.80. The summed E-state index contributed by atoms with van der Waals surface area (Å²) in [6.07, 6.45) is 0.513. The number of nitriles is 1. The number of hydrogen-bond acceptors (Lipinski definition) is 5. The van der Waals surface area contributed by atoms with Crippen LogP contribution in [0, 0.1) is 11.3 Å². The molecule has 6 nitrogen and oxygen atoms in total. The second-order valence-corrected chi connectivity index (χ2v) is 5.17. The van der Waals surface area contributed by atoms with Gasteiger partial charge in [-0.15, -0.1) is 0 Å². The largest absolute Gasteiger partial charge is 0.504 e. The quantitative estimate of drug-likeness (QED) is 0.680. The second-order valence-electron chi connectivity index (χ2n) is 5.17. The van der Waals surface area contributed by atoms with Crippen molar-refractivity contribution in [2.24, 2.45) is 5.73 Å². The molecule has 4 N–H and O–H groups in total. The molecule has 1 atom stereocenters. The Kier molecular flexibility index (Phi) is 6.00. The lowest BCUT2D eigenvalue weighted by atomic mass is 10.0. The zero-order chi connectivity index (χ0) is 16.0. The van der Waals surface area contributed by atoms with Crippen LogP contribution in [0.4, 0.5) is 0 Å². The first-order valence-corrected chi connectivity index (χ1v) is 6.80. The molecule has 21 heavy (non-hydrogen) atoms. The molecule has 1 aromatic rings. The van der Waals surface area contributed by atoms with Crippen molar-refractivity contribution < 1.29 is 15.0 Å². The molecule has 0 bridgehead atoms. The van der Waals surface area contributed by atoms with Gasteiger partial charge in [0.25, 0.3) is 0 Å². The molecular weight excluding hydrogens is 270 g/mol. The summed E-state index contributed by atoms with van der Waals surface area (Å²) in [7, 11) is 0. The SMILES string of the molecule is CC(C)N(CCC#N)C(=O)[C@@H](N)Cc1ccc(O)c(O)c1. The zero-order valence-electron chi connectivity index (χ0n) is 12.3. The summed E-state index contributed by atoms with van der Waals surface area (Å²) in [5, 5.41) is 27.3. The smallest absolute Gasteiger partial charge is 0.240 e. The van der Waals surface area contributed by atoms with Crippen molar-refractivity contribution in [3.05, 3.63) is 23.8 Å². The molecule has 0 aliphatic heterocycles. The van der Waals surface area contributed by atoms with Crippen molar-refractivity contribution in [2.45, 2.75) is 38.8 Å². The summed E-state index contributed by atoms with van der Waals surface area (Å²) in [6.45, 7) is 4.09. The molecule has 0 heterocycles. The maximum absolute atomic E-state index is 12.3. The molecule has 1 aromatic carbocycles. The number of rotatable bonds is 6. The van der Waals surface area contributed by atoms with Crippen LogP contribution in [-0.2, 0) is 11.2 Å². The molecule has 0 spiro atoms. The molecule has 0 saturated carbocycles. The first-order chi connectivity index (χ1) is 9.86. The summed E-state index contributed by atoms with van der Waals surface area (Å²) < 4.78 is 0. The number of phenolic OH excluding ortho intramolecular Hbond substituents is 2. The van der Waals surface area contributed by atoms with Gasteiger partial charge in [0.2, 0.25) is 5.91 Å². The Hall–Kier alpha value is -2.26. The summed E-state index contributed by atoms with van der Waals surface area (Å²) in [5.74, 6) is -0.679. The van der Waals surface area contributed by atoms with Crippen molar-refractivity contribution in [3.63, 3.8) is 0 Å². The number of aromatic hydroxyl groups is 2. The average molecular weight is 291 g/mol. The van der Waals surface area contributed by atoms with Crippen molar-refractivity contribution >= 4 is 5.91 Å². The standard InChI is InChI=1S/C15H21N3O3/c1-10(2)18(7-3-6-16)15(21)12(17)8-11-4-5-13(19)14(20)9-11/h4-5,9-10,12,19-20H,3,7-8,17H2,1-2H3/t12-/m0/s1. The highest BCUT2D eigenvalue weighted by atomic mass is 16.3. The first kappa shape index (κ1) is 16.8. The van der Waals surface area contributed by atoms with Crippen molar-refractivity contribution in [1.29, 1.82) is 5.26 Å². The predicted octanol–water partition coefficient (Wildman–Crippen LogP) is 1.12. The van der Waals surface area contributed by atoms with E-state index in [1.165, 1.54) is 12.1 Å². The van der Waals surface area contributed by atoms with Crippen molar-refractivity contribution in [1.82, 2.24) is 4.90 Å². The summed E-state index contributed by atoms with van der Waals surface area (Å²) in [5.41, 5.74) is 6.59. The van der Waals surface area contributed by atoms with Gasteiger partial charge in [0, 0.05) is 12.6 Å². The maximum atomic E-state index is 12.3. The average Bonchev–Trinajstić information content (AvgIpc) is 2.42. The van der Waals surface area contributed by atoms with Crippen LogP contribution in [0.2, 0.25) is 0 Å². The maximum Gasteiger partial charge on any atom is 0.240 e. The Morgan fingerprint density at radius 1 is 1.38 bits per heavy atom. The molecule has 0 aliphatic rings. The number of hydrogen-bond donors (Lipinski definition) is 3. The monoisotopic (exact) mass is 291 g/mol. The highest BCUT2D eigenvalue weighted by Gasteiger charge is 2.23. The van der Waals surface area contributed by atoms with Crippen LogP contribution in [0.25, 0.3) is 0 Å². The fourth-order valence-electron chi connectivity index (χ4n) is 2.04. The van der Waals surface area contributed by atoms with Crippen LogP contribution in [0.5, 0.6) is 11.5 Å². The van der Waals surface area contributed by atoms with E-state index >= 15 is 0 Å². The van der Waals surface area contributed by atoms with Gasteiger partial charge in [-0.1, -0.05) is 6.07 Å². The Morgan fingerprint density at radius 2 is 2.05 bits per heavy atom. The van der Waals surface area contributed by atoms with Gasteiger partial charge in [0.15, 0.2) is 11.5 Å². The third-order valence-electron chi connectivity index (χ3n) is 3.18. The topological polar surface area (TPSA) is 111 Å². The van der Waals surface area contributed by atoms with Crippen LogP contribution < -0.4 is 5.73 Å². The molecule has 1 amide bonds. The van der Waals surface area contributed by atoms with Crippen LogP contribution in [0.3, 0.4) is 0 Å². The third-order valence-corrected chi connectivity index (χ3v) is 3.18. The van der Waals surface area contributed by atoms with E-state index in [9.17, 15) is 15.0 Å². The minimum atomic E-state index is -0.755. The van der Waals surface area contributed by atoms with E-state index in [0.717, 1.165) is 0 Å². The molecule has 0 aromatic heterocycles. The lowest BCUT2D eigenvalue weighted by molar-refractivity contribution is -0.134. The van der Waals surface area contributed by atoms with Crippen LogP contribution >= 0.6 is 0 Å². The van der Waals surface area contributed by atoms with E-state index in [1.807, 2.05) is 19.9 Å². The molecule has 0 unspecified atom stereocenters. The molecule has 0 aliphatic carbocycles. The fraction of sp³-hybridized carbons (Fsp3) is 0.467. The Labute approximate surface area is 124 Å². The summed E-state index contributed by atoms with van der Waals surface area (Å²) in [6, 6.07) is 5.58. The van der Waals surface area contributed by atoms with Gasteiger partial charge in [0.1, 0.15) is 0 Å². The second kappa shape index (κ2) is 7.50. The van der Waals surface area contributed by atoms with E-state index in [0.29, 0.717) is 12.1 Å². The molecule has 1 rings (SSSR count). The molecule has 0 saturated heterocycles. The third kappa shape index (κ3) is 4.65. The number of amides is 1. The molecular formula is C15H21N3O3. The van der Waals surface area contributed by atoms with Gasteiger partial charge in [-0.3, -0.25) is 4.79 Å². The highest BCUT2D eigenvalue weighted by molar-refractivity contribution is 5.82. The van der Waals surface area contributed by atoms with Gasteiger partial charge in [0.05, 0.1) is 18.5 Å². The van der Waals surface area contributed by atoms with Crippen molar-refractivity contribution in [2.75, 3.05) is 6.54 Å². The number of phenols is 2. The van der Waals surface area contributed by atoms with E-state index < -0.39 is 6.04 Å². The van der Waals surface area contributed by atoms with E-state index in [1.54, 1.807) is 11.0 Å². The Bertz CT molecular complexity index is 537. The summed E-state index contributed by atoms with van der Waals surface area (Å²) in [4.78, 5) is 13.9. The van der Waals surface area contributed by atoms with Gasteiger partial charge in [-0.2, -0.15) is 5.26 Å². The number of nitrogens with zero attached hydrogens (tertiary/aromatic N) is 2. The van der Waals surface area contributed by atoms with Gasteiger partial charge in [-0.25, -0.2) is 0 Å². The molecule has 114 valence electrons.